The highest BCUT2D eigenvalue weighted by molar-refractivity contribution is 5.98. The quantitative estimate of drug-likeness (QED) is 0.496. The Kier molecular flexibility index (Phi) is 5.43. The third-order valence-corrected chi connectivity index (χ3v) is 4.48. The van der Waals surface area contributed by atoms with Gasteiger partial charge in [0.05, 0.1) is 7.11 Å². The molecule has 7 nitrogen and oxygen atoms in total. The molecule has 2 aromatic carbocycles. The maximum Gasteiger partial charge on any atom is 0.359 e. The zero-order valence-electron chi connectivity index (χ0n) is 16.2. The molecule has 0 bridgehead atoms. The maximum absolute atomic E-state index is 13.0. The first kappa shape index (κ1) is 19.2. The topological polar surface area (TPSA) is 81.9 Å². The first-order valence-electron chi connectivity index (χ1n) is 9.28. The van der Waals surface area contributed by atoms with Crippen LogP contribution >= 0.6 is 0 Å². The summed E-state index contributed by atoms with van der Waals surface area (Å²) in [7, 11) is 1.55. The van der Waals surface area contributed by atoms with Crippen molar-refractivity contribution in [2.24, 2.45) is 0 Å². The van der Waals surface area contributed by atoms with Crippen LogP contribution < -0.4 is 10.1 Å². The monoisotopic (exact) mass is 401 g/mol. The van der Waals surface area contributed by atoms with E-state index in [0.29, 0.717) is 22.6 Å². The summed E-state index contributed by atoms with van der Waals surface area (Å²) in [5.74, 6) is -0.564. The van der Waals surface area contributed by atoms with Crippen molar-refractivity contribution in [2.45, 2.75) is 6.10 Å². The average molecular weight is 401 g/mol. The minimum atomic E-state index is -1.14. The molecule has 0 radical (unpaired) electrons. The van der Waals surface area contributed by atoms with Crippen molar-refractivity contribution in [3.8, 4) is 5.75 Å². The van der Waals surface area contributed by atoms with Gasteiger partial charge in [-0.1, -0.05) is 42.5 Å². The van der Waals surface area contributed by atoms with Gasteiger partial charge in [-0.2, -0.15) is 0 Å². The molecule has 1 amide bonds. The van der Waals surface area contributed by atoms with Gasteiger partial charge in [0.1, 0.15) is 11.4 Å². The third kappa shape index (κ3) is 4.15. The van der Waals surface area contributed by atoms with Crippen LogP contribution in [0, 0.1) is 0 Å². The van der Waals surface area contributed by atoms with Gasteiger partial charge in [0.2, 0.25) is 6.10 Å². The molecule has 2 aromatic heterocycles. The van der Waals surface area contributed by atoms with Crippen LogP contribution in [-0.4, -0.2) is 28.4 Å². The smallest absolute Gasteiger partial charge is 0.359 e. The molecule has 0 aliphatic rings. The number of methoxy groups -OCH3 is 1. The number of ether oxygens (including phenoxy) is 2. The Morgan fingerprint density at radius 3 is 2.57 bits per heavy atom. The fourth-order valence-electron chi connectivity index (χ4n) is 3.01. The maximum atomic E-state index is 13.0. The molecule has 0 unspecified atom stereocenters. The molecule has 0 saturated heterocycles. The number of hydrogen-bond donors (Lipinski definition) is 1. The lowest BCUT2D eigenvalue weighted by molar-refractivity contribution is -0.125. The minimum absolute atomic E-state index is 0.122. The number of carbonyl (C=O) groups is 2. The van der Waals surface area contributed by atoms with Gasteiger partial charge in [0.15, 0.2) is 5.69 Å². The number of aromatic nitrogens is 2. The van der Waals surface area contributed by atoms with Gasteiger partial charge in [-0.05, 0) is 24.3 Å². The van der Waals surface area contributed by atoms with Crippen LogP contribution in [0.3, 0.4) is 0 Å². The second kappa shape index (κ2) is 8.48. The number of amides is 1. The summed E-state index contributed by atoms with van der Waals surface area (Å²) in [6.45, 7) is 0. The van der Waals surface area contributed by atoms with E-state index < -0.39 is 18.0 Å². The van der Waals surface area contributed by atoms with Gasteiger partial charge in [-0.3, -0.25) is 4.79 Å². The van der Waals surface area contributed by atoms with Crippen LogP contribution in [0.2, 0.25) is 0 Å². The predicted octanol–water partition coefficient (Wildman–Crippen LogP) is 3.88. The zero-order chi connectivity index (χ0) is 20.9. The molecule has 0 aliphatic carbocycles. The predicted molar refractivity (Wildman–Crippen MR) is 111 cm³/mol. The van der Waals surface area contributed by atoms with Crippen molar-refractivity contribution in [1.82, 2.24) is 9.38 Å². The molecule has 7 heteroatoms. The summed E-state index contributed by atoms with van der Waals surface area (Å²) in [5, 5.41) is 2.78. The van der Waals surface area contributed by atoms with Crippen LogP contribution in [0.25, 0.3) is 5.65 Å². The van der Waals surface area contributed by atoms with Gasteiger partial charge >= 0.3 is 5.97 Å². The average Bonchev–Trinajstić information content (AvgIpc) is 3.22. The number of fused-ring (bicyclic) bond motifs is 1. The van der Waals surface area contributed by atoms with Gasteiger partial charge in [-0.25, -0.2) is 9.78 Å². The molecule has 0 fully saturated rings. The number of nitrogens with zero attached hydrogens (tertiary/aromatic N) is 2. The van der Waals surface area contributed by atoms with Crippen molar-refractivity contribution in [3.63, 3.8) is 0 Å². The Hall–Kier alpha value is -4.13. The Bertz CT molecular complexity index is 1150. The number of hydrogen-bond acceptors (Lipinski definition) is 5. The van der Waals surface area contributed by atoms with E-state index >= 15 is 0 Å². The second-order valence-corrected chi connectivity index (χ2v) is 6.51. The molecule has 4 rings (SSSR count). The fourth-order valence-corrected chi connectivity index (χ4v) is 3.01. The lowest BCUT2D eigenvalue weighted by atomic mass is 10.1. The van der Waals surface area contributed by atoms with Gasteiger partial charge in [0.25, 0.3) is 5.91 Å². The molecule has 1 atom stereocenters. The van der Waals surface area contributed by atoms with Crippen LogP contribution in [0.5, 0.6) is 5.75 Å². The van der Waals surface area contributed by atoms with Crippen molar-refractivity contribution >= 4 is 23.2 Å². The van der Waals surface area contributed by atoms with E-state index in [0.717, 1.165) is 0 Å². The fraction of sp³-hybridized carbons (Fsp3) is 0.0870. The van der Waals surface area contributed by atoms with Crippen LogP contribution in [0.1, 0.15) is 22.2 Å². The minimum Gasteiger partial charge on any atom is -0.497 e. The Morgan fingerprint density at radius 1 is 1.00 bits per heavy atom. The van der Waals surface area contributed by atoms with Gasteiger partial charge in [-0.15, -0.1) is 0 Å². The van der Waals surface area contributed by atoms with Crippen molar-refractivity contribution in [2.75, 3.05) is 12.4 Å². The summed E-state index contributed by atoms with van der Waals surface area (Å²) < 4.78 is 12.5. The molecule has 150 valence electrons. The van der Waals surface area contributed by atoms with Crippen molar-refractivity contribution in [1.29, 1.82) is 0 Å². The van der Waals surface area contributed by atoms with Crippen LogP contribution in [0.4, 0.5) is 5.69 Å². The van der Waals surface area contributed by atoms with E-state index in [9.17, 15) is 9.59 Å². The summed E-state index contributed by atoms with van der Waals surface area (Å²) >= 11 is 0. The van der Waals surface area contributed by atoms with Crippen LogP contribution in [0.15, 0.2) is 85.2 Å². The highest BCUT2D eigenvalue weighted by Gasteiger charge is 2.27. The number of imidazole rings is 1. The van der Waals surface area contributed by atoms with E-state index in [-0.39, 0.29) is 5.69 Å². The largest absolute Gasteiger partial charge is 0.497 e. The Morgan fingerprint density at radius 2 is 1.80 bits per heavy atom. The zero-order valence-corrected chi connectivity index (χ0v) is 16.2. The highest BCUT2D eigenvalue weighted by Crippen LogP contribution is 2.23. The number of nitrogens with one attached hydrogen (secondary N) is 1. The van der Waals surface area contributed by atoms with E-state index in [1.807, 2.05) is 18.2 Å². The van der Waals surface area contributed by atoms with Crippen molar-refractivity contribution in [3.05, 3.63) is 96.4 Å². The lowest BCUT2D eigenvalue weighted by Gasteiger charge is -2.18. The third-order valence-electron chi connectivity index (χ3n) is 4.48. The standard InChI is InChI=1S/C23H19N3O4/c1-29-18-11-7-10-17(14-18)24-22(27)21(16-8-3-2-4-9-16)30-23(28)19-15-26-13-6-5-12-20(26)25-19/h2-15,21H,1H3,(H,24,27)/t21-/m1/s1. The molecule has 0 aliphatic heterocycles. The van der Waals surface area contributed by atoms with E-state index in [1.54, 1.807) is 78.5 Å². The molecule has 2 heterocycles. The first-order chi connectivity index (χ1) is 14.6. The normalized spacial score (nSPS) is 11.6. The molecular formula is C23H19N3O4. The SMILES string of the molecule is COc1cccc(NC(=O)[C@H](OC(=O)c2cn3ccccc3n2)c2ccccc2)c1. The number of benzene rings is 2. The number of anilines is 1. The summed E-state index contributed by atoms with van der Waals surface area (Å²) in [6, 6.07) is 21.2. The lowest BCUT2D eigenvalue weighted by Crippen LogP contribution is -2.26. The van der Waals surface area contributed by atoms with Gasteiger partial charge in [0, 0.05) is 29.7 Å². The summed E-state index contributed by atoms with van der Waals surface area (Å²) in [5.41, 5.74) is 1.82. The summed E-state index contributed by atoms with van der Waals surface area (Å²) in [6.07, 6.45) is 2.21. The first-order valence-corrected chi connectivity index (χ1v) is 9.28. The van der Waals surface area contributed by atoms with Crippen molar-refractivity contribution < 1.29 is 19.1 Å². The number of carbonyl (C=O) groups excluding carboxylic acids is 2. The number of esters is 1. The second-order valence-electron chi connectivity index (χ2n) is 6.51. The molecule has 4 aromatic rings. The number of rotatable bonds is 6. The van der Waals surface area contributed by atoms with E-state index in [4.69, 9.17) is 9.47 Å². The van der Waals surface area contributed by atoms with E-state index in [2.05, 4.69) is 10.3 Å². The number of pyridine rings is 1. The van der Waals surface area contributed by atoms with Crippen LogP contribution in [-0.2, 0) is 9.53 Å². The molecular weight excluding hydrogens is 382 g/mol. The summed E-state index contributed by atoms with van der Waals surface area (Å²) in [4.78, 5) is 30.0. The Balaban J connectivity index is 1.59. The molecule has 0 spiro atoms. The Labute approximate surface area is 172 Å². The molecule has 30 heavy (non-hydrogen) atoms. The molecule has 0 saturated carbocycles. The highest BCUT2D eigenvalue weighted by atomic mass is 16.5. The van der Waals surface area contributed by atoms with Gasteiger partial charge < -0.3 is 19.2 Å². The van der Waals surface area contributed by atoms with E-state index in [1.165, 1.54) is 0 Å². The molecule has 1 N–H and O–H groups in total.